The molecule has 0 aliphatic carbocycles. The van der Waals surface area contributed by atoms with E-state index < -0.39 is 9.84 Å². The van der Waals surface area contributed by atoms with Gasteiger partial charge in [0.15, 0.2) is 9.84 Å². The Morgan fingerprint density at radius 2 is 2.21 bits per heavy atom. The fraction of sp³-hybridized carbons (Fsp3) is 0.429. The number of hydrogen-bond donors (Lipinski definition) is 0. The molecule has 0 radical (unpaired) electrons. The lowest BCUT2D eigenvalue weighted by Crippen LogP contribution is -2.10. The Bertz CT molecular complexity index is 427. The molecule has 0 amide bonds. The Hall–Kier alpha value is -0.630. The molecule has 0 bridgehead atoms. The standard InChI is InChI=1S/C7H6N2O2S3/c8-4-12-1-6-2-14(10,11)3-7(6)13-5-9/h2,7H,1,3H2/t7-/m1/s1. The first-order chi connectivity index (χ1) is 6.59. The van der Waals surface area contributed by atoms with Crippen LogP contribution in [0.15, 0.2) is 11.0 Å². The van der Waals surface area contributed by atoms with Crippen LogP contribution in [0.5, 0.6) is 0 Å². The highest BCUT2D eigenvalue weighted by Crippen LogP contribution is 2.29. The summed E-state index contributed by atoms with van der Waals surface area (Å²) in [6, 6.07) is 0. The molecule has 1 aliphatic rings. The Morgan fingerprint density at radius 1 is 1.50 bits per heavy atom. The van der Waals surface area contributed by atoms with Crippen LogP contribution in [0.3, 0.4) is 0 Å². The second kappa shape index (κ2) is 4.74. The molecule has 1 atom stereocenters. The predicted molar refractivity (Wildman–Crippen MR) is 56.9 cm³/mol. The van der Waals surface area contributed by atoms with Crippen molar-refractivity contribution < 1.29 is 8.42 Å². The van der Waals surface area contributed by atoms with Crippen molar-refractivity contribution >= 4 is 33.4 Å². The summed E-state index contributed by atoms with van der Waals surface area (Å²) in [5, 5.41) is 21.4. The zero-order valence-corrected chi connectivity index (χ0v) is 9.45. The van der Waals surface area contributed by atoms with E-state index in [4.69, 9.17) is 10.5 Å². The van der Waals surface area contributed by atoms with Crippen LogP contribution in [0.1, 0.15) is 0 Å². The van der Waals surface area contributed by atoms with Gasteiger partial charge >= 0.3 is 0 Å². The van der Waals surface area contributed by atoms with Gasteiger partial charge in [0.25, 0.3) is 0 Å². The van der Waals surface area contributed by atoms with Crippen LogP contribution >= 0.6 is 23.5 Å². The first-order valence-corrected chi connectivity index (χ1v) is 7.16. The summed E-state index contributed by atoms with van der Waals surface area (Å²) in [5.74, 6) is 0.335. The third-order valence-corrected chi connectivity index (χ3v) is 4.76. The van der Waals surface area contributed by atoms with E-state index in [0.717, 1.165) is 23.5 Å². The van der Waals surface area contributed by atoms with Gasteiger partial charge in [-0.05, 0) is 29.1 Å². The van der Waals surface area contributed by atoms with Crippen LogP contribution in [0, 0.1) is 21.3 Å². The predicted octanol–water partition coefficient (Wildman–Crippen LogP) is 1.10. The third-order valence-electron chi connectivity index (χ3n) is 1.63. The molecule has 1 aliphatic heterocycles. The van der Waals surface area contributed by atoms with Crippen LogP contribution in [0.4, 0.5) is 0 Å². The zero-order valence-electron chi connectivity index (χ0n) is 7.00. The largest absolute Gasteiger partial charge is 0.224 e. The van der Waals surface area contributed by atoms with Crippen LogP contribution in [0.2, 0.25) is 0 Å². The molecule has 0 aromatic carbocycles. The van der Waals surface area contributed by atoms with Gasteiger partial charge in [-0.25, -0.2) is 8.42 Å². The maximum atomic E-state index is 11.2. The van der Waals surface area contributed by atoms with E-state index in [9.17, 15) is 8.42 Å². The quantitative estimate of drug-likeness (QED) is 0.693. The van der Waals surface area contributed by atoms with Crippen LogP contribution < -0.4 is 0 Å². The van der Waals surface area contributed by atoms with Crippen LogP contribution in [-0.2, 0) is 9.84 Å². The summed E-state index contributed by atoms with van der Waals surface area (Å²) >= 11 is 1.92. The van der Waals surface area contributed by atoms with Gasteiger partial charge in [0.05, 0.1) is 11.0 Å². The van der Waals surface area contributed by atoms with Gasteiger partial charge in [-0.2, -0.15) is 10.5 Å². The molecule has 74 valence electrons. The third kappa shape index (κ3) is 2.95. The normalized spacial score (nSPS) is 23.6. The molecule has 0 aromatic rings. The van der Waals surface area contributed by atoms with Crippen molar-refractivity contribution in [3.63, 3.8) is 0 Å². The van der Waals surface area contributed by atoms with Gasteiger partial charge in [0.2, 0.25) is 0 Å². The van der Waals surface area contributed by atoms with E-state index in [1.54, 1.807) is 0 Å². The highest BCUT2D eigenvalue weighted by molar-refractivity contribution is 8.06. The number of rotatable bonds is 3. The first kappa shape index (κ1) is 11.4. The molecule has 1 heterocycles. The molecule has 1 rings (SSSR count). The monoisotopic (exact) mass is 246 g/mol. The summed E-state index contributed by atoms with van der Waals surface area (Å²) < 4.78 is 22.4. The van der Waals surface area contributed by atoms with Crippen molar-refractivity contribution in [2.24, 2.45) is 0 Å². The Labute approximate surface area is 90.9 Å². The van der Waals surface area contributed by atoms with E-state index in [1.165, 1.54) is 5.41 Å². The smallest absolute Gasteiger partial charge is 0.173 e. The molecule has 0 saturated heterocycles. The lowest BCUT2D eigenvalue weighted by atomic mass is 10.3. The number of thioether (sulfide) groups is 2. The fourth-order valence-corrected chi connectivity index (χ4v) is 4.61. The van der Waals surface area contributed by atoms with Crippen molar-refractivity contribution in [1.82, 2.24) is 0 Å². The SMILES string of the molecule is N#CSCC1=CS(=O)(=O)C[C@H]1SC#N. The molecule has 7 heteroatoms. The Balaban J connectivity index is 2.78. The number of sulfone groups is 1. The molecule has 0 aromatic heterocycles. The van der Waals surface area contributed by atoms with E-state index in [1.807, 2.05) is 10.8 Å². The topological polar surface area (TPSA) is 81.7 Å². The van der Waals surface area contributed by atoms with Gasteiger partial charge in [0.1, 0.15) is 10.8 Å². The molecular weight excluding hydrogens is 240 g/mol. The second-order valence-corrected chi connectivity index (χ2v) is 6.24. The lowest BCUT2D eigenvalue weighted by Gasteiger charge is -2.05. The number of nitriles is 2. The minimum Gasteiger partial charge on any atom is -0.224 e. The maximum absolute atomic E-state index is 11.2. The highest BCUT2D eigenvalue weighted by Gasteiger charge is 2.29. The Kier molecular flexibility index (Phi) is 3.87. The van der Waals surface area contributed by atoms with Crippen molar-refractivity contribution in [3.05, 3.63) is 11.0 Å². The molecule has 0 saturated carbocycles. The second-order valence-electron chi connectivity index (χ2n) is 2.60. The molecular formula is C7H6N2O2S3. The van der Waals surface area contributed by atoms with Crippen molar-refractivity contribution in [2.45, 2.75) is 5.25 Å². The van der Waals surface area contributed by atoms with Crippen molar-refractivity contribution in [3.8, 4) is 10.8 Å². The van der Waals surface area contributed by atoms with Gasteiger partial charge in [-0.15, -0.1) is 0 Å². The maximum Gasteiger partial charge on any atom is 0.173 e. The van der Waals surface area contributed by atoms with Gasteiger partial charge in [0, 0.05) is 11.2 Å². The van der Waals surface area contributed by atoms with E-state index in [2.05, 4.69) is 0 Å². The van der Waals surface area contributed by atoms with E-state index in [-0.39, 0.29) is 11.0 Å². The van der Waals surface area contributed by atoms with Crippen molar-refractivity contribution in [2.75, 3.05) is 11.5 Å². The van der Waals surface area contributed by atoms with E-state index in [0.29, 0.717) is 11.3 Å². The van der Waals surface area contributed by atoms with Gasteiger partial charge < -0.3 is 0 Å². The summed E-state index contributed by atoms with van der Waals surface area (Å²) in [6.07, 6.45) is 0. The summed E-state index contributed by atoms with van der Waals surface area (Å²) in [6.45, 7) is 0. The first-order valence-electron chi connectivity index (χ1n) is 3.58. The van der Waals surface area contributed by atoms with Crippen molar-refractivity contribution in [1.29, 1.82) is 10.5 Å². The lowest BCUT2D eigenvalue weighted by molar-refractivity contribution is 0.606. The molecule has 0 N–H and O–H groups in total. The minimum atomic E-state index is -3.15. The molecule has 14 heavy (non-hydrogen) atoms. The average molecular weight is 246 g/mol. The minimum absolute atomic E-state index is 0.0213. The molecule has 0 unspecified atom stereocenters. The van der Waals surface area contributed by atoms with Crippen LogP contribution in [0.25, 0.3) is 0 Å². The van der Waals surface area contributed by atoms with Gasteiger partial charge in [-0.3, -0.25) is 0 Å². The summed E-state index contributed by atoms with van der Waals surface area (Å²) in [5.41, 5.74) is 0.656. The summed E-state index contributed by atoms with van der Waals surface area (Å²) in [4.78, 5) is 0. The zero-order chi connectivity index (χ0) is 10.6. The summed E-state index contributed by atoms with van der Waals surface area (Å²) in [7, 11) is -3.15. The Morgan fingerprint density at radius 3 is 2.79 bits per heavy atom. The molecule has 4 nitrogen and oxygen atoms in total. The fourth-order valence-electron chi connectivity index (χ4n) is 1.09. The van der Waals surface area contributed by atoms with Gasteiger partial charge in [-0.1, -0.05) is 0 Å². The molecule has 0 spiro atoms. The number of thiocyanates is 2. The number of nitrogens with zero attached hydrogens (tertiary/aromatic N) is 2. The highest BCUT2D eigenvalue weighted by atomic mass is 32.2. The van der Waals surface area contributed by atoms with Crippen LogP contribution in [-0.4, -0.2) is 25.2 Å². The average Bonchev–Trinajstić information content (AvgIpc) is 2.38. The molecule has 0 fully saturated rings. The van der Waals surface area contributed by atoms with E-state index >= 15 is 0 Å². The number of hydrogen-bond acceptors (Lipinski definition) is 6.